The Morgan fingerprint density at radius 1 is 1.28 bits per heavy atom. The molecule has 0 saturated carbocycles. The largest absolute Gasteiger partial charge is 0.319 e. The van der Waals surface area contributed by atoms with Crippen LogP contribution in [0.15, 0.2) is 23.6 Å². The summed E-state index contributed by atoms with van der Waals surface area (Å²) in [4.78, 5) is 11.9. The summed E-state index contributed by atoms with van der Waals surface area (Å²) in [6.45, 7) is 0. The molecule has 0 atom stereocenters. The van der Waals surface area contributed by atoms with Gasteiger partial charge >= 0.3 is 0 Å². The third-order valence-corrected chi connectivity index (χ3v) is 4.46. The minimum Gasteiger partial charge on any atom is -0.319 e. The van der Waals surface area contributed by atoms with Crippen LogP contribution in [0.3, 0.4) is 0 Å². The number of anilines is 1. The van der Waals surface area contributed by atoms with Crippen molar-refractivity contribution < 1.29 is 9.18 Å². The van der Waals surface area contributed by atoms with E-state index < -0.39 is 5.82 Å². The molecular weight excluding hydrogens is 411 g/mol. The number of halogens is 4. The fourth-order valence-electron chi connectivity index (χ4n) is 1.28. The van der Waals surface area contributed by atoms with Gasteiger partial charge in [-0.05, 0) is 40.8 Å². The molecule has 1 aromatic heterocycles. The molecule has 1 aromatic carbocycles. The highest BCUT2D eigenvalue weighted by atomic mass is 127. The molecule has 0 aliphatic heterocycles. The summed E-state index contributed by atoms with van der Waals surface area (Å²) in [7, 11) is 0. The molecule has 0 spiro atoms. The fraction of sp³-hybridized carbons (Fsp3) is 0. The van der Waals surface area contributed by atoms with Gasteiger partial charge in [0.2, 0.25) is 0 Å². The lowest BCUT2D eigenvalue weighted by molar-refractivity contribution is 0.102. The number of hydrogen-bond acceptors (Lipinski definition) is 2. The van der Waals surface area contributed by atoms with Crippen LogP contribution in [0.5, 0.6) is 0 Å². The molecule has 0 radical (unpaired) electrons. The number of nitrogens with one attached hydrogen (secondary N) is 1. The monoisotopic (exact) mass is 415 g/mol. The van der Waals surface area contributed by atoms with E-state index in [1.807, 2.05) is 0 Å². The average Bonchev–Trinajstić information content (AvgIpc) is 2.70. The van der Waals surface area contributed by atoms with Crippen LogP contribution in [0, 0.1) is 8.70 Å². The number of carbonyl (C=O) groups excluding carboxylic acids is 1. The normalized spacial score (nSPS) is 10.4. The Hall–Kier alpha value is -0.370. The maximum Gasteiger partial charge on any atom is 0.256 e. The number of benzene rings is 1. The van der Waals surface area contributed by atoms with Crippen molar-refractivity contribution >= 4 is 68.7 Å². The van der Waals surface area contributed by atoms with E-state index in [2.05, 4.69) is 27.9 Å². The Morgan fingerprint density at radius 2 is 1.89 bits per heavy atom. The second-order valence-electron chi connectivity index (χ2n) is 3.34. The topological polar surface area (TPSA) is 29.1 Å². The SMILES string of the molecule is O=C(Nc1c(Cl)cc(F)cc1Cl)c1csc(I)c1. The van der Waals surface area contributed by atoms with Crippen molar-refractivity contribution in [2.24, 2.45) is 0 Å². The van der Waals surface area contributed by atoms with E-state index >= 15 is 0 Å². The Bertz CT molecular complexity index is 594. The molecule has 1 N–H and O–H groups in total. The van der Waals surface area contributed by atoms with E-state index in [9.17, 15) is 9.18 Å². The molecule has 94 valence electrons. The van der Waals surface area contributed by atoms with Crippen LogP contribution in [0.1, 0.15) is 10.4 Å². The molecule has 2 aromatic rings. The molecule has 2 rings (SSSR count). The first-order valence-electron chi connectivity index (χ1n) is 4.67. The summed E-state index contributed by atoms with van der Waals surface area (Å²) in [5.41, 5.74) is 0.729. The molecule has 1 amide bonds. The zero-order valence-corrected chi connectivity index (χ0v) is 13.1. The first-order chi connectivity index (χ1) is 8.47. The number of carbonyl (C=O) groups is 1. The van der Waals surface area contributed by atoms with Crippen molar-refractivity contribution in [3.63, 3.8) is 0 Å². The van der Waals surface area contributed by atoms with E-state index in [1.165, 1.54) is 11.3 Å². The van der Waals surface area contributed by atoms with Gasteiger partial charge in [0.15, 0.2) is 0 Å². The zero-order valence-electron chi connectivity index (χ0n) is 8.64. The van der Waals surface area contributed by atoms with E-state index in [-0.39, 0.29) is 21.6 Å². The molecule has 7 heteroatoms. The van der Waals surface area contributed by atoms with Gasteiger partial charge in [0.05, 0.1) is 24.2 Å². The molecule has 1 heterocycles. The van der Waals surface area contributed by atoms with Crippen LogP contribution < -0.4 is 5.32 Å². The van der Waals surface area contributed by atoms with E-state index in [1.54, 1.807) is 11.4 Å². The summed E-state index contributed by atoms with van der Waals surface area (Å²) in [5.74, 6) is -0.877. The molecule has 18 heavy (non-hydrogen) atoms. The molecule has 0 unspecified atom stereocenters. The van der Waals surface area contributed by atoms with Gasteiger partial charge in [0.25, 0.3) is 5.91 Å². The van der Waals surface area contributed by atoms with Gasteiger partial charge in [-0.2, -0.15) is 0 Å². The van der Waals surface area contributed by atoms with Crippen LogP contribution in [-0.4, -0.2) is 5.91 Å². The smallest absolute Gasteiger partial charge is 0.256 e. The molecule has 2 nitrogen and oxygen atoms in total. The summed E-state index contributed by atoms with van der Waals surface area (Å²) >= 11 is 15.2. The van der Waals surface area contributed by atoms with Crippen molar-refractivity contribution in [2.75, 3.05) is 5.32 Å². The van der Waals surface area contributed by atoms with Gasteiger partial charge in [-0.25, -0.2) is 4.39 Å². The number of amides is 1. The number of hydrogen-bond donors (Lipinski definition) is 1. The van der Waals surface area contributed by atoms with Crippen molar-refractivity contribution in [2.45, 2.75) is 0 Å². The van der Waals surface area contributed by atoms with Crippen LogP contribution in [0.2, 0.25) is 10.0 Å². The Kier molecular flexibility index (Phi) is 4.47. The zero-order chi connectivity index (χ0) is 13.3. The van der Waals surface area contributed by atoms with Gasteiger partial charge < -0.3 is 5.32 Å². The highest BCUT2D eigenvalue weighted by Crippen LogP contribution is 2.32. The first-order valence-corrected chi connectivity index (χ1v) is 7.38. The molecule has 0 fully saturated rings. The maximum absolute atomic E-state index is 13.0. The average molecular weight is 416 g/mol. The van der Waals surface area contributed by atoms with Gasteiger partial charge in [-0.1, -0.05) is 23.2 Å². The lowest BCUT2D eigenvalue weighted by atomic mass is 10.2. The van der Waals surface area contributed by atoms with Gasteiger partial charge in [0, 0.05) is 5.38 Å². The molecule has 0 aliphatic carbocycles. The highest BCUT2D eigenvalue weighted by molar-refractivity contribution is 14.1. The molecular formula is C11H5Cl2FINOS. The van der Waals surface area contributed by atoms with Crippen molar-refractivity contribution in [3.05, 3.63) is 47.9 Å². The van der Waals surface area contributed by atoms with Crippen LogP contribution in [0.25, 0.3) is 0 Å². The predicted octanol–water partition coefficient (Wildman–Crippen LogP) is 5.05. The third-order valence-electron chi connectivity index (χ3n) is 2.08. The highest BCUT2D eigenvalue weighted by Gasteiger charge is 2.14. The minimum absolute atomic E-state index is 0.0678. The maximum atomic E-state index is 13.0. The molecule has 0 saturated heterocycles. The van der Waals surface area contributed by atoms with Crippen LogP contribution in [0.4, 0.5) is 10.1 Å². The van der Waals surface area contributed by atoms with Gasteiger partial charge in [0.1, 0.15) is 5.82 Å². The summed E-state index contributed by atoms with van der Waals surface area (Å²) in [6, 6.07) is 3.94. The van der Waals surface area contributed by atoms with E-state index in [4.69, 9.17) is 23.2 Å². The summed E-state index contributed by atoms with van der Waals surface area (Å²) in [6.07, 6.45) is 0. The Balaban J connectivity index is 2.27. The lowest BCUT2D eigenvalue weighted by Crippen LogP contribution is -2.11. The number of thiophene rings is 1. The second-order valence-corrected chi connectivity index (χ2v) is 6.96. The first kappa shape index (κ1) is 14.0. The Labute approximate surface area is 130 Å². The second kappa shape index (κ2) is 5.73. The standard InChI is InChI=1S/C11H5Cl2FINOS/c12-7-2-6(14)3-8(13)10(7)16-11(17)5-1-9(15)18-4-5/h1-4H,(H,16,17). The van der Waals surface area contributed by atoms with Crippen molar-refractivity contribution in [1.82, 2.24) is 0 Å². The van der Waals surface area contributed by atoms with Gasteiger partial charge in [-0.15, -0.1) is 11.3 Å². The van der Waals surface area contributed by atoms with Gasteiger partial charge in [-0.3, -0.25) is 4.79 Å². The quantitative estimate of drug-likeness (QED) is 0.683. The van der Waals surface area contributed by atoms with E-state index in [0.717, 1.165) is 15.0 Å². The summed E-state index contributed by atoms with van der Waals surface area (Å²) < 4.78 is 14.0. The molecule has 0 bridgehead atoms. The predicted molar refractivity (Wildman–Crippen MR) is 81.4 cm³/mol. The van der Waals surface area contributed by atoms with Crippen LogP contribution in [-0.2, 0) is 0 Å². The summed E-state index contributed by atoms with van der Waals surface area (Å²) in [5, 5.41) is 4.43. The Morgan fingerprint density at radius 3 is 2.39 bits per heavy atom. The minimum atomic E-state index is -0.548. The van der Waals surface area contributed by atoms with Crippen molar-refractivity contribution in [3.8, 4) is 0 Å². The van der Waals surface area contributed by atoms with E-state index in [0.29, 0.717) is 5.56 Å². The third kappa shape index (κ3) is 3.14. The van der Waals surface area contributed by atoms with Crippen LogP contribution >= 0.6 is 57.1 Å². The molecule has 0 aliphatic rings. The fourth-order valence-corrected chi connectivity index (χ4v) is 3.16. The van der Waals surface area contributed by atoms with Crippen molar-refractivity contribution in [1.29, 1.82) is 0 Å². The number of rotatable bonds is 2. The lowest BCUT2D eigenvalue weighted by Gasteiger charge is -2.08.